The molecule has 0 amide bonds. The van der Waals surface area contributed by atoms with Crippen molar-refractivity contribution >= 4 is 5.57 Å². The lowest BCUT2D eigenvalue weighted by Gasteiger charge is -2.24. The lowest BCUT2D eigenvalue weighted by Crippen LogP contribution is -2.06. The van der Waals surface area contributed by atoms with E-state index in [0.29, 0.717) is 11.8 Å². The Kier molecular flexibility index (Phi) is 8.47. The van der Waals surface area contributed by atoms with Gasteiger partial charge in [0, 0.05) is 5.92 Å². The van der Waals surface area contributed by atoms with E-state index in [2.05, 4.69) is 129 Å². The topological polar surface area (TPSA) is 0 Å². The van der Waals surface area contributed by atoms with Crippen molar-refractivity contribution in [1.82, 2.24) is 0 Å². The smallest absolute Gasteiger partial charge is 0.00240 e. The average Bonchev–Trinajstić information content (AvgIpc) is 2.82. The molecule has 3 rings (SSSR count). The van der Waals surface area contributed by atoms with Gasteiger partial charge in [0.1, 0.15) is 0 Å². The third kappa shape index (κ3) is 6.46. The van der Waals surface area contributed by atoms with Crippen LogP contribution in [0.25, 0.3) is 5.57 Å². The summed E-state index contributed by atoms with van der Waals surface area (Å²) in [5, 5.41) is 0. The fourth-order valence-electron chi connectivity index (χ4n) is 3.94. The van der Waals surface area contributed by atoms with E-state index in [4.69, 9.17) is 0 Å². The number of rotatable bonds is 10. The van der Waals surface area contributed by atoms with Gasteiger partial charge in [-0.3, -0.25) is 0 Å². The molecule has 3 aromatic carbocycles. The summed E-state index contributed by atoms with van der Waals surface area (Å²) in [7, 11) is 0. The summed E-state index contributed by atoms with van der Waals surface area (Å²) in [5.41, 5.74) is 5.20. The number of benzene rings is 3. The third-order valence-corrected chi connectivity index (χ3v) is 5.59. The van der Waals surface area contributed by atoms with Crippen molar-refractivity contribution in [3.63, 3.8) is 0 Å². The first kappa shape index (κ1) is 21.6. The molecule has 0 nitrogen and oxygen atoms in total. The molecule has 0 aromatic heterocycles. The van der Waals surface area contributed by atoms with Crippen LogP contribution < -0.4 is 0 Å². The second-order valence-corrected chi connectivity index (χ2v) is 7.77. The molecule has 0 saturated carbocycles. The van der Waals surface area contributed by atoms with Gasteiger partial charge in [0.05, 0.1) is 0 Å². The molecule has 0 radical (unpaired) electrons. The quantitative estimate of drug-likeness (QED) is 0.303. The molecule has 2 atom stereocenters. The van der Waals surface area contributed by atoms with Gasteiger partial charge in [-0.1, -0.05) is 122 Å². The fourth-order valence-corrected chi connectivity index (χ4v) is 3.94. The van der Waals surface area contributed by atoms with E-state index in [-0.39, 0.29) is 0 Å². The number of allylic oxidation sites excluding steroid dienone is 5. The van der Waals surface area contributed by atoms with Crippen molar-refractivity contribution in [2.24, 2.45) is 0 Å². The molecule has 2 unspecified atom stereocenters. The molecular formula is C30H32. The molecule has 0 spiro atoms. The highest BCUT2D eigenvalue weighted by molar-refractivity contribution is 5.64. The van der Waals surface area contributed by atoms with E-state index >= 15 is 0 Å². The Morgan fingerprint density at radius 3 is 1.93 bits per heavy atom. The lowest BCUT2D eigenvalue weighted by molar-refractivity contribution is 0.597. The number of hydrogen-bond acceptors (Lipinski definition) is 0. The van der Waals surface area contributed by atoms with Crippen molar-refractivity contribution in [1.29, 1.82) is 0 Å². The van der Waals surface area contributed by atoms with Crippen molar-refractivity contribution < 1.29 is 0 Å². The molecule has 3 aromatic rings. The molecule has 0 heterocycles. The summed E-state index contributed by atoms with van der Waals surface area (Å²) in [6, 6.07) is 32.3. The molecule has 0 aliphatic carbocycles. The number of hydrogen-bond donors (Lipinski definition) is 0. The lowest BCUT2D eigenvalue weighted by atomic mass is 9.80. The van der Waals surface area contributed by atoms with Crippen LogP contribution in [0.3, 0.4) is 0 Å². The van der Waals surface area contributed by atoms with Crippen LogP contribution in [0.1, 0.15) is 54.7 Å². The summed E-state index contributed by atoms with van der Waals surface area (Å²) >= 11 is 0. The van der Waals surface area contributed by atoms with Gasteiger partial charge in [0.25, 0.3) is 0 Å². The van der Waals surface area contributed by atoms with Crippen molar-refractivity contribution in [2.45, 2.75) is 38.0 Å². The highest BCUT2D eigenvalue weighted by atomic mass is 14.2. The van der Waals surface area contributed by atoms with E-state index in [1.54, 1.807) is 0 Å². The van der Waals surface area contributed by atoms with E-state index in [1.807, 2.05) is 0 Å². The second kappa shape index (κ2) is 11.8. The minimum atomic E-state index is 0.380. The second-order valence-electron chi connectivity index (χ2n) is 7.77. The molecule has 152 valence electrons. The minimum absolute atomic E-state index is 0.380. The zero-order valence-electron chi connectivity index (χ0n) is 18.0. The molecule has 0 fully saturated rings. The summed E-state index contributed by atoms with van der Waals surface area (Å²) in [5.74, 6) is 0.792. The van der Waals surface area contributed by atoms with Gasteiger partial charge >= 0.3 is 0 Å². The van der Waals surface area contributed by atoms with E-state index in [1.165, 1.54) is 22.3 Å². The highest BCUT2D eigenvalue weighted by Crippen LogP contribution is 2.37. The predicted molar refractivity (Wildman–Crippen MR) is 132 cm³/mol. The average molecular weight is 393 g/mol. The van der Waals surface area contributed by atoms with Gasteiger partial charge in [-0.2, -0.15) is 0 Å². The largest absolute Gasteiger partial charge is 0.0952 e. The summed E-state index contributed by atoms with van der Waals surface area (Å²) < 4.78 is 0. The van der Waals surface area contributed by atoms with Crippen LogP contribution in [0, 0.1) is 0 Å². The SMILES string of the molecule is C=C(CC(CC(/C=C\C/C=C\C)c1ccccc1)c1ccccc1)c1ccccc1. The maximum atomic E-state index is 4.43. The Morgan fingerprint density at radius 1 is 0.767 bits per heavy atom. The maximum Gasteiger partial charge on any atom is 0.00240 e. The zero-order valence-corrected chi connectivity index (χ0v) is 18.0. The molecule has 0 saturated heterocycles. The Morgan fingerprint density at radius 2 is 1.33 bits per heavy atom. The molecule has 0 N–H and O–H groups in total. The summed E-state index contributed by atoms with van der Waals surface area (Å²) in [4.78, 5) is 0. The third-order valence-electron chi connectivity index (χ3n) is 5.59. The van der Waals surface area contributed by atoms with Crippen molar-refractivity contribution in [2.75, 3.05) is 0 Å². The molecular weight excluding hydrogens is 360 g/mol. The predicted octanol–water partition coefficient (Wildman–Crippen LogP) is 8.57. The van der Waals surface area contributed by atoms with Crippen LogP contribution in [0.5, 0.6) is 0 Å². The Labute approximate surface area is 182 Å². The van der Waals surface area contributed by atoms with Gasteiger partial charge in [-0.15, -0.1) is 0 Å². The van der Waals surface area contributed by atoms with Crippen LogP contribution in [0.4, 0.5) is 0 Å². The van der Waals surface area contributed by atoms with Crippen molar-refractivity contribution in [3.05, 3.63) is 139 Å². The van der Waals surface area contributed by atoms with E-state index in [0.717, 1.165) is 19.3 Å². The molecule has 0 aliphatic heterocycles. The van der Waals surface area contributed by atoms with Crippen LogP contribution in [-0.4, -0.2) is 0 Å². The minimum Gasteiger partial charge on any atom is -0.0952 e. The molecule has 0 aliphatic rings. The van der Waals surface area contributed by atoms with Crippen LogP contribution >= 0.6 is 0 Å². The normalized spacial score (nSPS) is 13.5. The maximum absolute atomic E-state index is 4.43. The molecule has 0 heteroatoms. The van der Waals surface area contributed by atoms with Gasteiger partial charge in [0.2, 0.25) is 0 Å². The van der Waals surface area contributed by atoms with Crippen LogP contribution in [-0.2, 0) is 0 Å². The highest BCUT2D eigenvalue weighted by Gasteiger charge is 2.19. The summed E-state index contributed by atoms with van der Waals surface area (Å²) in [6.07, 6.45) is 12.0. The fraction of sp³-hybridized carbons (Fsp3) is 0.200. The Balaban J connectivity index is 1.86. The first-order valence-corrected chi connectivity index (χ1v) is 10.9. The standard InChI is InChI=1S/C30H32/c1-3-4-5-9-22-29(27-18-12-7-13-19-27)24-30(28-20-14-8-15-21-28)23-25(2)26-16-10-6-11-17-26/h3-4,6-22,29-30H,2,5,23-24H2,1H3/b4-3-,22-9-. The van der Waals surface area contributed by atoms with Gasteiger partial charge < -0.3 is 0 Å². The first-order chi connectivity index (χ1) is 14.8. The van der Waals surface area contributed by atoms with Gasteiger partial charge in [0.15, 0.2) is 0 Å². The van der Waals surface area contributed by atoms with Gasteiger partial charge in [-0.05, 0) is 54.4 Å². The van der Waals surface area contributed by atoms with E-state index in [9.17, 15) is 0 Å². The first-order valence-electron chi connectivity index (χ1n) is 10.9. The van der Waals surface area contributed by atoms with Crippen LogP contribution in [0.15, 0.2) is 122 Å². The van der Waals surface area contributed by atoms with Gasteiger partial charge in [-0.25, -0.2) is 0 Å². The monoisotopic (exact) mass is 392 g/mol. The van der Waals surface area contributed by atoms with Crippen molar-refractivity contribution in [3.8, 4) is 0 Å². The van der Waals surface area contributed by atoms with Crippen LogP contribution in [0.2, 0.25) is 0 Å². The van der Waals surface area contributed by atoms with E-state index < -0.39 is 0 Å². The Hall–Kier alpha value is -3.12. The molecule has 30 heavy (non-hydrogen) atoms. The Bertz CT molecular complexity index is 933. The zero-order chi connectivity index (χ0) is 21.0. The molecule has 0 bridgehead atoms. The summed E-state index contributed by atoms with van der Waals surface area (Å²) in [6.45, 7) is 6.50.